The summed E-state index contributed by atoms with van der Waals surface area (Å²) >= 11 is 0. The summed E-state index contributed by atoms with van der Waals surface area (Å²) in [6, 6.07) is 16.8. The molecular formula is C12H10KNaO. The minimum atomic E-state index is 0. The Labute approximate surface area is 156 Å². The quantitative estimate of drug-likeness (QED) is 0.469. The zero-order valence-electron chi connectivity index (χ0n) is 10.1. The molecule has 0 saturated carbocycles. The second-order valence-corrected chi connectivity index (χ2v) is 2.86. The molecule has 0 atom stereocenters. The first-order valence-electron chi connectivity index (χ1n) is 4.19. The van der Waals surface area contributed by atoms with Gasteiger partial charge in [-0.15, -0.1) is 5.75 Å². The average molecular weight is 232 g/mol. The second-order valence-electron chi connectivity index (χ2n) is 2.86. The van der Waals surface area contributed by atoms with Gasteiger partial charge in [0.25, 0.3) is 0 Å². The first-order valence-corrected chi connectivity index (χ1v) is 4.19. The van der Waals surface area contributed by atoms with E-state index in [4.69, 9.17) is 0 Å². The van der Waals surface area contributed by atoms with Gasteiger partial charge in [0.1, 0.15) is 0 Å². The van der Waals surface area contributed by atoms with Gasteiger partial charge in [-0.1, -0.05) is 54.6 Å². The van der Waals surface area contributed by atoms with Gasteiger partial charge >= 0.3 is 80.9 Å². The molecule has 0 aliphatic heterocycles. The van der Waals surface area contributed by atoms with Gasteiger partial charge in [-0.05, 0) is 11.1 Å². The largest absolute Gasteiger partial charge is 1.00 e. The Bertz CT molecular complexity index is 409. The zero-order chi connectivity index (χ0) is 9.10. The van der Waals surface area contributed by atoms with E-state index < -0.39 is 0 Å². The van der Waals surface area contributed by atoms with Crippen molar-refractivity contribution in [2.24, 2.45) is 0 Å². The van der Waals surface area contributed by atoms with Crippen LogP contribution in [-0.4, -0.2) is 0 Å². The Hall–Kier alpha value is 0.876. The molecule has 0 fully saturated rings. The van der Waals surface area contributed by atoms with Gasteiger partial charge in [0.2, 0.25) is 0 Å². The monoisotopic (exact) mass is 232 g/mol. The first kappa shape index (κ1) is 15.9. The Balaban J connectivity index is 0. The van der Waals surface area contributed by atoms with E-state index in [2.05, 4.69) is 0 Å². The van der Waals surface area contributed by atoms with Crippen molar-refractivity contribution in [3.63, 3.8) is 0 Å². The van der Waals surface area contributed by atoms with Gasteiger partial charge in [0.05, 0.1) is 0 Å². The van der Waals surface area contributed by atoms with Crippen LogP contribution < -0.4 is 86.0 Å². The molecule has 0 spiro atoms. The summed E-state index contributed by atoms with van der Waals surface area (Å²) in [4.78, 5) is 0. The molecule has 0 unspecified atom stereocenters. The minimum Gasteiger partial charge on any atom is -1.00 e. The maximum absolute atomic E-state index is 11.4. The van der Waals surface area contributed by atoms with Crippen molar-refractivity contribution in [3.8, 4) is 16.9 Å². The fourth-order valence-corrected chi connectivity index (χ4v) is 1.32. The normalized spacial score (nSPS) is 8.53. The Morgan fingerprint density at radius 1 is 0.800 bits per heavy atom. The predicted octanol–water partition coefficient (Wildman–Crippen LogP) is -3.45. The van der Waals surface area contributed by atoms with E-state index >= 15 is 0 Å². The summed E-state index contributed by atoms with van der Waals surface area (Å²) in [7, 11) is 0. The maximum Gasteiger partial charge on any atom is 1.00 e. The number of para-hydroxylation sites is 1. The van der Waals surface area contributed by atoms with Gasteiger partial charge in [0, 0.05) is 0 Å². The van der Waals surface area contributed by atoms with Crippen molar-refractivity contribution in [2.75, 3.05) is 0 Å². The van der Waals surface area contributed by atoms with E-state index in [0.717, 1.165) is 11.1 Å². The maximum atomic E-state index is 11.4. The van der Waals surface area contributed by atoms with Crippen LogP contribution in [-0.2, 0) is 0 Å². The summed E-state index contributed by atoms with van der Waals surface area (Å²) in [6.07, 6.45) is 0. The Morgan fingerprint density at radius 2 is 1.33 bits per heavy atom. The molecule has 0 N–H and O–H groups in total. The topological polar surface area (TPSA) is 23.1 Å². The van der Waals surface area contributed by atoms with Crippen LogP contribution in [0.5, 0.6) is 5.75 Å². The van der Waals surface area contributed by atoms with Crippen LogP contribution in [0.25, 0.3) is 11.1 Å². The van der Waals surface area contributed by atoms with E-state index in [1.807, 2.05) is 42.5 Å². The van der Waals surface area contributed by atoms with Crippen molar-refractivity contribution < 1.29 is 87.5 Å². The summed E-state index contributed by atoms with van der Waals surface area (Å²) < 4.78 is 0. The fraction of sp³-hybridized carbons (Fsp3) is 0. The molecule has 3 heteroatoms. The van der Waals surface area contributed by atoms with Crippen molar-refractivity contribution in [3.05, 3.63) is 54.6 Å². The molecule has 66 valence electrons. The van der Waals surface area contributed by atoms with Crippen molar-refractivity contribution >= 4 is 0 Å². The minimum absolute atomic E-state index is 0. The molecule has 0 saturated heterocycles. The molecule has 0 amide bonds. The number of hydrogen-bond acceptors (Lipinski definition) is 1. The third-order valence-electron chi connectivity index (χ3n) is 1.97. The summed E-state index contributed by atoms with van der Waals surface area (Å²) in [5, 5.41) is 11.4. The smallest absolute Gasteiger partial charge is 1.00 e. The average Bonchev–Trinajstić information content (AvgIpc) is 2.20. The second kappa shape index (κ2) is 8.04. The van der Waals surface area contributed by atoms with Crippen LogP contribution in [0.2, 0.25) is 0 Å². The van der Waals surface area contributed by atoms with Crippen molar-refractivity contribution in [2.45, 2.75) is 0 Å². The summed E-state index contributed by atoms with van der Waals surface area (Å²) in [6.45, 7) is 0. The van der Waals surface area contributed by atoms with E-state index in [-0.39, 0.29) is 88.1 Å². The fourth-order valence-electron chi connectivity index (χ4n) is 1.32. The van der Waals surface area contributed by atoms with E-state index in [9.17, 15) is 5.11 Å². The molecule has 1 nitrogen and oxygen atoms in total. The molecule has 2 rings (SSSR count). The van der Waals surface area contributed by atoms with E-state index in [1.165, 1.54) is 0 Å². The van der Waals surface area contributed by atoms with Crippen molar-refractivity contribution in [1.82, 2.24) is 0 Å². The van der Waals surface area contributed by atoms with Gasteiger partial charge in [-0.25, -0.2) is 0 Å². The van der Waals surface area contributed by atoms with Gasteiger partial charge in [-0.2, -0.15) is 0 Å². The van der Waals surface area contributed by atoms with Gasteiger partial charge in [-0.3, -0.25) is 0 Å². The molecule has 0 heterocycles. The summed E-state index contributed by atoms with van der Waals surface area (Å²) in [5.41, 5.74) is 1.75. The van der Waals surface area contributed by atoms with E-state index in [1.54, 1.807) is 12.1 Å². The first-order chi connectivity index (χ1) is 6.38. The summed E-state index contributed by atoms with van der Waals surface area (Å²) in [5.74, 6) is 0.0775. The van der Waals surface area contributed by atoms with Crippen molar-refractivity contribution in [1.29, 1.82) is 0 Å². The van der Waals surface area contributed by atoms with Crippen LogP contribution >= 0.6 is 0 Å². The molecular weight excluding hydrogens is 222 g/mol. The predicted molar refractivity (Wildman–Crippen MR) is 52.4 cm³/mol. The number of benzene rings is 2. The Kier molecular flexibility index (Phi) is 8.51. The van der Waals surface area contributed by atoms with Crippen LogP contribution in [0.1, 0.15) is 1.43 Å². The molecule has 0 bridgehead atoms. The van der Waals surface area contributed by atoms with Crippen LogP contribution in [0.4, 0.5) is 0 Å². The van der Waals surface area contributed by atoms with Crippen LogP contribution in [0.3, 0.4) is 0 Å². The molecule has 2 aromatic rings. The Morgan fingerprint density at radius 3 is 1.93 bits per heavy atom. The molecule has 0 aromatic heterocycles. The molecule has 15 heavy (non-hydrogen) atoms. The standard InChI is InChI=1S/C12H10O.K.Na.H/c13-12-9-5-4-8-11(12)10-6-2-1-3-7-10;;;/h1-9,13H;;;/q;2*+1;-1/p-1. The van der Waals surface area contributed by atoms with Crippen LogP contribution in [0, 0.1) is 0 Å². The van der Waals surface area contributed by atoms with Gasteiger partial charge in [0.15, 0.2) is 0 Å². The molecule has 0 aliphatic carbocycles. The molecule has 0 aliphatic rings. The molecule has 2 aromatic carbocycles. The molecule has 0 radical (unpaired) electrons. The third-order valence-corrected chi connectivity index (χ3v) is 1.97. The van der Waals surface area contributed by atoms with E-state index in [0.29, 0.717) is 0 Å². The number of hydrogen-bond donors (Lipinski definition) is 0. The van der Waals surface area contributed by atoms with Crippen LogP contribution in [0.15, 0.2) is 54.6 Å². The SMILES string of the molecule is [H-].[K+].[Na+].[O-]c1ccccc1-c1ccccc1. The van der Waals surface area contributed by atoms with Gasteiger partial charge < -0.3 is 6.53 Å². The third kappa shape index (κ3) is 4.33. The number of rotatable bonds is 1. The zero-order valence-corrected chi connectivity index (χ0v) is 14.2.